The third kappa shape index (κ3) is 16.0. The van der Waals surface area contributed by atoms with Crippen LogP contribution < -0.4 is 15.4 Å². The van der Waals surface area contributed by atoms with Crippen LogP contribution in [0.4, 0.5) is 0 Å². The van der Waals surface area contributed by atoms with Crippen LogP contribution in [-0.4, -0.2) is 152 Å². The summed E-state index contributed by atoms with van der Waals surface area (Å²) < 4.78 is 29.0. The first-order valence-corrected chi connectivity index (χ1v) is 27.6. The third-order valence-corrected chi connectivity index (χ3v) is 15.3. The van der Waals surface area contributed by atoms with E-state index in [0.29, 0.717) is 51.4 Å². The van der Waals surface area contributed by atoms with Gasteiger partial charge in [-0.15, -0.1) is 11.3 Å². The normalized spacial score (nSPS) is 19.2. The minimum atomic E-state index is -0.967. The number of hydrogen-bond acceptors (Lipinski definition) is 14. The minimum absolute atomic E-state index is 0.0106. The molecule has 3 heterocycles. The molecule has 0 spiro atoms. The number of ether oxygens (including phenoxy) is 5. The first-order chi connectivity index (χ1) is 36.3. The van der Waals surface area contributed by atoms with Crippen molar-refractivity contribution in [3.05, 3.63) is 100 Å². The molecule has 4 atom stereocenters. The summed E-state index contributed by atoms with van der Waals surface area (Å²) in [5, 5.41) is 27.3. The predicted octanol–water partition coefficient (Wildman–Crippen LogP) is 8.03. The molecular formula is C59H79N5O11S. The number of amides is 3. The number of benzene rings is 3. The lowest BCUT2D eigenvalue weighted by molar-refractivity contribution is -0.144. The quantitative estimate of drug-likeness (QED) is 0.0493. The van der Waals surface area contributed by atoms with Gasteiger partial charge in [0.2, 0.25) is 17.7 Å². The van der Waals surface area contributed by atoms with Gasteiger partial charge >= 0.3 is 0 Å². The molecule has 0 bridgehead atoms. The number of nitrogens with one attached hydrogen (secondary N) is 2. The number of nitrogens with zero attached hydrogens (tertiary/aromatic N) is 3. The Bertz CT molecular complexity index is 2620. The number of hydrogen-bond donors (Lipinski definition) is 4. The van der Waals surface area contributed by atoms with Crippen molar-refractivity contribution < 1.29 is 53.1 Å². The largest absolute Gasteiger partial charge is 0.512 e. The number of allylic oxidation sites excluding steroid dienone is 2. The van der Waals surface area contributed by atoms with Crippen LogP contribution in [0, 0.1) is 24.7 Å². The van der Waals surface area contributed by atoms with Crippen molar-refractivity contribution in [2.24, 2.45) is 10.8 Å². The van der Waals surface area contributed by atoms with Crippen molar-refractivity contribution in [1.29, 1.82) is 0 Å². The Labute approximate surface area is 452 Å². The highest BCUT2D eigenvalue weighted by atomic mass is 32.1. The second kappa shape index (κ2) is 26.7. The summed E-state index contributed by atoms with van der Waals surface area (Å²) in [4.78, 5) is 63.0. The molecule has 1 aromatic heterocycles. The van der Waals surface area contributed by atoms with Crippen LogP contribution in [0.5, 0.6) is 5.75 Å². The second-order valence-corrected chi connectivity index (χ2v) is 23.1. The van der Waals surface area contributed by atoms with E-state index >= 15 is 0 Å². The van der Waals surface area contributed by atoms with Crippen molar-refractivity contribution >= 4 is 40.4 Å². The molecule has 1 aliphatic carbocycles. The zero-order chi connectivity index (χ0) is 54.6. The van der Waals surface area contributed by atoms with Crippen LogP contribution >= 0.6 is 11.3 Å². The number of likely N-dealkylation sites (tertiary alicyclic amines) is 2. The molecule has 0 saturated carbocycles. The van der Waals surface area contributed by atoms with Gasteiger partial charge in [0.1, 0.15) is 36.3 Å². The lowest BCUT2D eigenvalue weighted by Gasteiger charge is -2.35. The molecule has 0 unspecified atom stereocenters. The zero-order valence-electron chi connectivity index (χ0n) is 45.7. The molecule has 3 aromatic carbocycles. The van der Waals surface area contributed by atoms with Crippen molar-refractivity contribution in [2.75, 3.05) is 79.0 Å². The minimum Gasteiger partial charge on any atom is -0.512 e. The molecule has 2 saturated heterocycles. The fraction of sp³-hybridized carbons (Fsp3) is 0.542. The highest BCUT2D eigenvalue weighted by Crippen LogP contribution is 2.41. The zero-order valence-corrected chi connectivity index (χ0v) is 46.5. The van der Waals surface area contributed by atoms with Crippen LogP contribution in [0.25, 0.3) is 27.1 Å². The number of carbonyl (C=O) groups is 4. The topological polar surface area (TPSA) is 198 Å². The molecule has 412 valence electrons. The first kappa shape index (κ1) is 58.2. The number of aliphatic hydroxyl groups excluding tert-OH is 2. The highest BCUT2D eigenvalue weighted by Gasteiger charge is 2.45. The lowest BCUT2D eigenvalue weighted by Crippen LogP contribution is -2.58. The Hall–Kier alpha value is -5.53. The van der Waals surface area contributed by atoms with Crippen LogP contribution in [0.15, 0.2) is 78.0 Å². The summed E-state index contributed by atoms with van der Waals surface area (Å²) in [6.45, 7) is 20.4. The molecule has 4 N–H and O–H groups in total. The maximum atomic E-state index is 14.0. The van der Waals surface area contributed by atoms with Crippen LogP contribution in [0.2, 0.25) is 0 Å². The van der Waals surface area contributed by atoms with Crippen molar-refractivity contribution in [3.8, 4) is 27.3 Å². The van der Waals surface area contributed by atoms with E-state index in [1.165, 1.54) is 4.90 Å². The van der Waals surface area contributed by atoms with Crippen molar-refractivity contribution in [2.45, 2.75) is 118 Å². The van der Waals surface area contributed by atoms with E-state index in [1.54, 1.807) is 11.3 Å². The highest BCUT2D eigenvalue weighted by molar-refractivity contribution is 7.13. The lowest BCUT2D eigenvalue weighted by atomic mass is 9.74. The van der Waals surface area contributed by atoms with Crippen molar-refractivity contribution in [3.63, 3.8) is 0 Å². The maximum absolute atomic E-state index is 14.0. The van der Waals surface area contributed by atoms with Gasteiger partial charge in [0.15, 0.2) is 5.78 Å². The number of aryl methyl sites for hydroxylation is 2. The fourth-order valence-corrected chi connectivity index (χ4v) is 10.9. The smallest absolute Gasteiger partial charge is 0.246 e. The van der Waals surface area contributed by atoms with Crippen LogP contribution in [0.3, 0.4) is 0 Å². The number of thiazole rings is 1. The number of ketones is 1. The van der Waals surface area contributed by atoms with Gasteiger partial charge in [0.05, 0.1) is 80.0 Å². The van der Waals surface area contributed by atoms with Crippen LogP contribution in [0.1, 0.15) is 102 Å². The molecule has 3 aliphatic rings. The summed E-state index contributed by atoms with van der Waals surface area (Å²) in [6.07, 6.45) is 2.10. The molecule has 3 amide bonds. The molecule has 2 aliphatic heterocycles. The first-order valence-electron chi connectivity index (χ1n) is 26.7. The maximum Gasteiger partial charge on any atom is 0.246 e. The summed E-state index contributed by atoms with van der Waals surface area (Å²) in [6, 6.07) is 19.9. The van der Waals surface area contributed by atoms with Gasteiger partial charge in [-0.3, -0.25) is 19.2 Å². The van der Waals surface area contributed by atoms with E-state index in [-0.39, 0.29) is 67.8 Å². The SMILES string of the molecule is Cc1ccc(-c2ccc(OC3CCN(CCOCCOCCOCCOCC(=O)N[C@H](C(=O)N4C[C@H](O)C[C@H]4C(=O)N[C@@H](C)c4ccc(-c5scnc5C)cc4)C(C)(C)C)CC3)cc2)cc1C1=C(O)CC(C)(C)CC1=O. The third-order valence-electron chi connectivity index (χ3n) is 14.3. The van der Waals surface area contributed by atoms with Gasteiger partial charge in [-0.25, -0.2) is 4.98 Å². The molecule has 17 heteroatoms. The monoisotopic (exact) mass is 1070 g/mol. The predicted molar refractivity (Wildman–Crippen MR) is 294 cm³/mol. The Morgan fingerprint density at radius 3 is 2.07 bits per heavy atom. The van der Waals surface area contributed by atoms with Gasteiger partial charge in [-0.05, 0) is 96.0 Å². The Morgan fingerprint density at radius 1 is 0.829 bits per heavy atom. The Balaban J connectivity index is 0.713. The van der Waals surface area contributed by atoms with E-state index in [9.17, 15) is 29.4 Å². The Morgan fingerprint density at radius 2 is 1.45 bits per heavy atom. The van der Waals surface area contributed by atoms with Gasteiger partial charge in [0, 0.05) is 45.4 Å². The summed E-state index contributed by atoms with van der Waals surface area (Å²) in [5.74, 6) is -0.294. The Kier molecular flexibility index (Phi) is 20.4. The average molecular weight is 1070 g/mol. The van der Waals surface area contributed by atoms with Crippen molar-refractivity contribution in [1.82, 2.24) is 25.4 Å². The number of piperidine rings is 1. The molecule has 2 fully saturated rings. The second-order valence-electron chi connectivity index (χ2n) is 22.2. The average Bonchev–Trinajstić information content (AvgIpc) is 4.00. The number of Topliss-reactive ketones (excluding diaryl/α,β-unsaturated/α-hetero) is 1. The fourth-order valence-electron chi connectivity index (χ4n) is 10.1. The van der Waals surface area contributed by atoms with Gasteiger partial charge in [-0.1, -0.05) is 83.1 Å². The summed E-state index contributed by atoms with van der Waals surface area (Å²) in [5.41, 5.74) is 7.99. The molecule has 4 aromatic rings. The van der Waals surface area contributed by atoms with Gasteiger partial charge in [-0.2, -0.15) is 0 Å². The van der Waals surface area contributed by atoms with E-state index in [4.69, 9.17) is 23.7 Å². The van der Waals surface area contributed by atoms with E-state index in [2.05, 4.69) is 26.6 Å². The number of carbonyl (C=O) groups excluding carboxylic acids is 4. The number of rotatable bonds is 24. The number of aromatic nitrogens is 1. The summed E-state index contributed by atoms with van der Waals surface area (Å²) >= 11 is 1.57. The summed E-state index contributed by atoms with van der Waals surface area (Å²) in [7, 11) is 0. The van der Waals surface area contributed by atoms with E-state index in [0.717, 1.165) is 82.2 Å². The van der Waals surface area contributed by atoms with E-state index in [1.807, 2.05) is 122 Å². The van der Waals surface area contributed by atoms with Crippen LogP contribution in [-0.2, 0) is 38.1 Å². The molecule has 16 nitrogen and oxygen atoms in total. The van der Waals surface area contributed by atoms with E-state index < -0.39 is 35.4 Å². The van der Waals surface area contributed by atoms with Gasteiger partial charge in [0.25, 0.3) is 0 Å². The molecule has 0 radical (unpaired) electrons. The molecular weight excluding hydrogens is 987 g/mol. The van der Waals surface area contributed by atoms with Gasteiger partial charge < -0.3 is 54.3 Å². The molecule has 76 heavy (non-hydrogen) atoms. The number of aliphatic hydroxyl groups is 2. The molecule has 7 rings (SSSR count). The number of β-amino-alcohol motifs (C(OH)–C–C–N with tert-alkyl or cyclic N) is 1. The standard InChI is InChI=1S/C59H79N5O11S/c1-38-9-10-44(31-48(38)53-50(66)33-59(7,8)34-51(53)67)42-15-17-46(18-16-42)75-47-19-21-63(22-20-47)23-24-71-25-26-72-27-28-73-29-30-74-36-52(68)62-55(58(4,5)6)57(70)64-35-45(65)32-49(64)56(69)61-39(2)41-11-13-43(14-12-41)54-40(3)60-37-76-54/h9-18,31,37,39,45,47,49,55,65-66H,19-30,32-36H2,1-8H3,(H,61,69)(H,62,68)/t39-,45+,49-,55+/m0/s1.